The number of thiophene rings is 1. The lowest BCUT2D eigenvalue weighted by Gasteiger charge is -2.31. The Kier molecular flexibility index (Phi) is 4.15. The maximum Gasteiger partial charge on any atom is 0.135 e. The first-order valence-electron chi connectivity index (χ1n) is 6.93. The molecular formula is C16H18BrNOS. The van der Waals surface area contributed by atoms with Gasteiger partial charge in [0.05, 0.1) is 0 Å². The molecule has 0 aliphatic carbocycles. The zero-order valence-corrected chi connectivity index (χ0v) is 14.1. The molecule has 2 atom stereocenters. The summed E-state index contributed by atoms with van der Waals surface area (Å²) in [6, 6.07) is 11.1. The van der Waals surface area contributed by atoms with Gasteiger partial charge in [0.25, 0.3) is 0 Å². The van der Waals surface area contributed by atoms with Crippen LogP contribution in [0.15, 0.2) is 34.8 Å². The zero-order chi connectivity index (χ0) is 14.1. The maximum absolute atomic E-state index is 6.23. The van der Waals surface area contributed by atoms with Crippen LogP contribution in [0.4, 0.5) is 0 Å². The molecule has 106 valence electrons. The third-order valence-corrected chi connectivity index (χ3v) is 5.58. The number of aryl methyl sites for hydroxylation is 1. The van der Waals surface area contributed by atoms with Crippen molar-refractivity contribution in [1.82, 2.24) is 5.32 Å². The number of rotatable bonds is 3. The summed E-state index contributed by atoms with van der Waals surface area (Å²) in [5, 5.41) is 3.41. The quantitative estimate of drug-likeness (QED) is 0.852. The van der Waals surface area contributed by atoms with Gasteiger partial charge in [0.1, 0.15) is 11.9 Å². The van der Waals surface area contributed by atoms with Gasteiger partial charge in [-0.2, -0.15) is 0 Å². The minimum absolute atomic E-state index is 0.152. The first kappa shape index (κ1) is 14.1. The van der Waals surface area contributed by atoms with Crippen LogP contribution < -0.4 is 10.1 Å². The fourth-order valence-corrected chi connectivity index (χ4v) is 3.98. The Hall–Kier alpha value is -0.840. The van der Waals surface area contributed by atoms with Gasteiger partial charge in [-0.1, -0.05) is 28.9 Å². The van der Waals surface area contributed by atoms with Crippen molar-refractivity contribution in [2.24, 2.45) is 0 Å². The molecule has 2 nitrogen and oxygen atoms in total. The second kappa shape index (κ2) is 5.88. The SMILES string of the molecule is CCc1ccc(C2CC(NC)c3ccc(Br)cc3O2)s1. The molecule has 4 heteroatoms. The van der Waals surface area contributed by atoms with Crippen LogP contribution in [0.3, 0.4) is 0 Å². The Bertz CT molecular complexity index is 610. The van der Waals surface area contributed by atoms with E-state index in [-0.39, 0.29) is 6.10 Å². The van der Waals surface area contributed by atoms with E-state index in [0.29, 0.717) is 6.04 Å². The molecule has 2 heterocycles. The second-order valence-electron chi connectivity index (χ2n) is 5.02. The molecule has 1 aliphatic heterocycles. The van der Waals surface area contributed by atoms with Crippen LogP contribution in [-0.2, 0) is 6.42 Å². The Morgan fingerprint density at radius 3 is 2.90 bits per heavy atom. The van der Waals surface area contributed by atoms with E-state index < -0.39 is 0 Å². The highest BCUT2D eigenvalue weighted by atomic mass is 79.9. The van der Waals surface area contributed by atoms with Crippen LogP contribution in [0.25, 0.3) is 0 Å². The van der Waals surface area contributed by atoms with Gasteiger partial charge in [0, 0.05) is 32.3 Å². The van der Waals surface area contributed by atoms with E-state index in [9.17, 15) is 0 Å². The van der Waals surface area contributed by atoms with E-state index in [4.69, 9.17) is 4.74 Å². The molecule has 1 aromatic carbocycles. The maximum atomic E-state index is 6.23. The van der Waals surface area contributed by atoms with Gasteiger partial charge < -0.3 is 10.1 Å². The lowest BCUT2D eigenvalue weighted by molar-refractivity contribution is 0.157. The van der Waals surface area contributed by atoms with Crippen LogP contribution in [0.2, 0.25) is 0 Å². The minimum atomic E-state index is 0.152. The number of halogens is 1. The number of hydrogen-bond acceptors (Lipinski definition) is 3. The normalized spacial score (nSPS) is 21.4. The van der Waals surface area contributed by atoms with Crippen LogP contribution in [0.1, 0.15) is 40.8 Å². The van der Waals surface area contributed by atoms with Crippen molar-refractivity contribution < 1.29 is 4.74 Å². The third kappa shape index (κ3) is 2.65. The number of nitrogens with one attached hydrogen (secondary N) is 1. The van der Waals surface area contributed by atoms with Crippen molar-refractivity contribution in [2.75, 3.05) is 7.05 Å². The van der Waals surface area contributed by atoms with Gasteiger partial charge in [0.15, 0.2) is 0 Å². The van der Waals surface area contributed by atoms with Crippen molar-refractivity contribution in [3.63, 3.8) is 0 Å². The van der Waals surface area contributed by atoms with Crippen molar-refractivity contribution in [2.45, 2.75) is 31.9 Å². The van der Waals surface area contributed by atoms with Gasteiger partial charge in [-0.05, 0) is 37.7 Å². The standard InChI is InChI=1S/C16H18BrNOS/c1-3-11-5-7-16(20-11)15-9-13(18-2)12-6-4-10(17)8-14(12)19-15/h4-8,13,15,18H,3,9H2,1-2H3. The van der Waals surface area contributed by atoms with Crippen LogP contribution in [0, 0.1) is 0 Å². The van der Waals surface area contributed by atoms with Crippen molar-refractivity contribution in [3.05, 3.63) is 50.1 Å². The molecular weight excluding hydrogens is 334 g/mol. The molecule has 2 unspecified atom stereocenters. The summed E-state index contributed by atoms with van der Waals surface area (Å²) in [6.07, 6.45) is 2.23. The molecule has 0 fully saturated rings. The Labute approximate surface area is 132 Å². The van der Waals surface area contributed by atoms with Crippen LogP contribution >= 0.6 is 27.3 Å². The number of ether oxygens (including phenoxy) is 1. The van der Waals surface area contributed by atoms with Gasteiger partial charge in [-0.3, -0.25) is 0 Å². The molecule has 20 heavy (non-hydrogen) atoms. The monoisotopic (exact) mass is 351 g/mol. The third-order valence-electron chi connectivity index (χ3n) is 3.77. The summed E-state index contributed by atoms with van der Waals surface area (Å²) < 4.78 is 7.29. The lowest BCUT2D eigenvalue weighted by atomic mass is 9.96. The smallest absolute Gasteiger partial charge is 0.135 e. The predicted octanol–water partition coefficient (Wildman–Crippen LogP) is 4.86. The average molecular weight is 352 g/mol. The van der Waals surface area contributed by atoms with E-state index >= 15 is 0 Å². The zero-order valence-electron chi connectivity index (χ0n) is 11.7. The second-order valence-corrected chi connectivity index (χ2v) is 7.14. The molecule has 0 spiro atoms. The molecule has 0 saturated carbocycles. The molecule has 1 aliphatic rings. The fraction of sp³-hybridized carbons (Fsp3) is 0.375. The van der Waals surface area contributed by atoms with E-state index in [0.717, 1.165) is 23.1 Å². The van der Waals surface area contributed by atoms with Crippen LogP contribution in [-0.4, -0.2) is 7.05 Å². The topological polar surface area (TPSA) is 21.3 Å². The van der Waals surface area contributed by atoms with Crippen molar-refractivity contribution in [1.29, 1.82) is 0 Å². The van der Waals surface area contributed by atoms with E-state index in [1.165, 1.54) is 15.3 Å². The average Bonchev–Trinajstić information content (AvgIpc) is 2.94. The largest absolute Gasteiger partial charge is 0.484 e. The van der Waals surface area contributed by atoms with E-state index in [1.807, 2.05) is 18.4 Å². The Morgan fingerprint density at radius 1 is 1.35 bits per heavy atom. The lowest BCUT2D eigenvalue weighted by Crippen LogP contribution is -2.26. The molecule has 0 radical (unpaired) electrons. The Balaban J connectivity index is 1.93. The summed E-state index contributed by atoms with van der Waals surface area (Å²) in [5.74, 6) is 0.987. The molecule has 0 bridgehead atoms. The summed E-state index contributed by atoms with van der Waals surface area (Å²) in [5.41, 5.74) is 1.25. The predicted molar refractivity (Wildman–Crippen MR) is 87.6 cm³/mol. The summed E-state index contributed by atoms with van der Waals surface area (Å²) in [7, 11) is 2.02. The van der Waals surface area contributed by atoms with Crippen LogP contribution in [0.5, 0.6) is 5.75 Å². The van der Waals surface area contributed by atoms with Crippen molar-refractivity contribution in [3.8, 4) is 5.75 Å². The number of fused-ring (bicyclic) bond motifs is 1. The van der Waals surface area contributed by atoms with Gasteiger partial charge in [-0.25, -0.2) is 0 Å². The molecule has 0 saturated heterocycles. The van der Waals surface area contributed by atoms with E-state index in [1.54, 1.807) is 0 Å². The van der Waals surface area contributed by atoms with Gasteiger partial charge >= 0.3 is 0 Å². The highest BCUT2D eigenvalue weighted by molar-refractivity contribution is 9.10. The highest BCUT2D eigenvalue weighted by Gasteiger charge is 2.29. The first-order valence-corrected chi connectivity index (χ1v) is 8.54. The molecule has 1 aromatic heterocycles. The molecule has 0 amide bonds. The Morgan fingerprint density at radius 2 is 2.20 bits per heavy atom. The molecule has 2 aromatic rings. The summed E-state index contributed by atoms with van der Waals surface area (Å²) in [4.78, 5) is 2.75. The summed E-state index contributed by atoms with van der Waals surface area (Å²) in [6.45, 7) is 2.19. The minimum Gasteiger partial charge on any atom is -0.484 e. The number of benzene rings is 1. The fourth-order valence-electron chi connectivity index (χ4n) is 2.65. The van der Waals surface area contributed by atoms with E-state index in [2.05, 4.69) is 58.5 Å². The first-order chi connectivity index (χ1) is 9.71. The highest BCUT2D eigenvalue weighted by Crippen LogP contribution is 2.43. The molecule has 1 N–H and O–H groups in total. The van der Waals surface area contributed by atoms with Gasteiger partial charge in [-0.15, -0.1) is 11.3 Å². The summed E-state index contributed by atoms with van der Waals surface area (Å²) >= 11 is 5.39. The van der Waals surface area contributed by atoms with Gasteiger partial charge in [0.2, 0.25) is 0 Å². The molecule has 3 rings (SSSR count). The number of hydrogen-bond donors (Lipinski definition) is 1. The van der Waals surface area contributed by atoms with Crippen molar-refractivity contribution >= 4 is 27.3 Å².